The summed E-state index contributed by atoms with van der Waals surface area (Å²) in [7, 11) is 0. The van der Waals surface area contributed by atoms with E-state index in [1.807, 2.05) is 42.5 Å². The average molecular weight is 537 g/mol. The Hall–Kier alpha value is -3.52. The number of hydrogen-bond acceptors (Lipinski definition) is 5. The molecule has 2 aromatic carbocycles. The van der Waals surface area contributed by atoms with Gasteiger partial charge in [-0.2, -0.15) is 0 Å². The minimum absolute atomic E-state index is 0.0104. The summed E-state index contributed by atoms with van der Waals surface area (Å²) in [6, 6.07) is 15.1. The first-order valence-electron chi connectivity index (χ1n) is 13.7. The molecule has 39 heavy (non-hydrogen) atoms. The summed E-state index contributed by atoms with van der Waals surface area (Å²) in [6.45, 7) is 0.486. The first-order chi connectivity index (χ1) is 18.9. The largest absolute Gasteiger partial charge is 0.463 e. The third kappa shape index (κ3) is 8.23. The molecule has 1 saturated heterocycles. The molecular weight excluding hydrogens is 499 g/mol. The highest BCUT2D eigenvalue weighted by Gasteiger charge is 2.35. The molecule has 0 bridgehead atoms. The molecule has 8 heteroatoms. The van der Waals surface area contributed by atoms with E-state index < -0.39 is 17.9 Å². The van der Waals surface area contributed by atoms with E-state index >= 15 is 0 Å². The van der Waals surface area contributed by atoms with Gasteiger partial charge in [0.25, 0.3) is 0 Å². The fraction of sp³-hybridized carbons (Fsp3) is 0.452. The summed E-state index contributed by atoms with van der Waals surface area (Å²) in [4.78, 5) is 41.2. The Labute approximate surface area is 229 Å². The number of amides is 2. The number of aliphatic hydroxyl groups is 1. The number of nitrogens with one attached hydrogen (secondary N) is 1. The van der Waals surface area contributed by atoms with Crippen LogP contribution >= 0.6 is 0 Å². The van der Waals surface area contributed by atoms with Gasteiger partial charge in [-0.3, -0.25) is 14.4 Å². The number of ether oxygens (including phenoxy) is 1. The van der Waals surface area contributed by atoms with Crippen molar-refractivity contribution < 1.29 is 28.6 Å². The summed E-state index contributed by atoms with van der Waals surface area (Å²) in [5.41, 5.74) is 1.85. The fourth-order valence-electron chi connectivity index (χ4n) is 5.36. The Bertz CT molecular complexity index is 1140. The van der Waals surface area contributed by atoms with Crippen molar-refractivity contribution in [1.82, 2.24) is 10.2 Å². The molecule has 0 unspecified atom stereocenters. The van der Waals surface area contributed by atoms with Crippen LogP contribution in [0.15, 0.2) is 66.7 Å². The maximum Gasteiger partial charge on any atom is 0.309 e. The first kappa shape index (κ1) is 28.5. The zero-order valence-corrected chi connectivity index (χ0v) is 22.1. The number of allylic oxidation sites excluding steroid dienone is 2. The van der Waals surface area contributed by atoms with Crippen LogP contribution in [-0.2, 0) is 32.0 Å². The Balaban J connectivity index is 1.44. The molecule has 2 N–H and O–H groups in total. The lowest BCUT2D eigenvalue weighted by atomic mass is 9.94. The molecule has 4 rings (SSSR count). The summed E-state index contributed by atoms with van der Waals surface area (Å²) in [5.74, 6) is -2.02. The second-order valence-corrected chi connectivity index (χ2v) is 10.5. The molecular formula is C31H37FN2O5. The van der Waals surface area contributed by atoms with Crippen LogP contribution in [0.5, 0.6) is 0 Å². The lowest BCUT2D eigenvalue weighted by Crippen LogP contribution is -2.45. The summed E-state index contributed by atoms with van der Waals surface area (Å²) in [6.07, 6.45) is 6.99. The lowest BCUT2D eigenvalue weighted by molar-refractivity contribution is -0.152. The van der Waals surface area contributed by atoms with E-state index in [0.29, 0.717) is 32.2 Å². The van der Waals surface area contributed by atoms with E-state index in [2.05, 4.69) is 5.32 Å². The minimum atomic E-state index is -0.552. The van der Waals surface area contributed by atoms with Crippen LogP contribution in [0.3, 0.4) is 0 Å². The lowest BCUT2D eigenvalue weighted by Gasteiger charge is -2.29. The van der Waals surface area contributed by atoms with E-state index in [0.717, 1.165) is 24.0 Å². The van der Waals surface area contributed by atoms with Gasteiger partial charge in [-0.1, -0.05) is 54.6 Å². The second kappa shape index (κ2) is 14.0. The van der Waals surface area contributed by atoms with Crippen molar-refractivity contribution in [3.63, 3.8) is 0 Å². The number of aliphatic hydroxyl groups excluding tert-OH is 1. The molecule has 2 amide bonds. The van der Waals surface area contributed by atoms with Crippen LogP contribution in [0.2, 0.25) is 0 Å². The highest BCUT2D eigenvalue weighted by atomic mass is 19.1. The Kier molecular flexibility index (Phi) is 10.3. The maximum absolute atomic E-state index is 13.5. The van der Waals surface area contributed by atoms with Crippen LogP contribution in [-0.4, -0.2) is 59.6 Å². The number of nitrogens with zero attached hydrogens (tertiary/aromatic N) is 1. The predicted octanol–water partition coefficient (Wildman–Crippen LogP) is 3.59. The molecule has 2 aliphatic heterocycles. The van der Waals surface area contributed by atoms with Crippen molar-refractivity contribution in [1.29, 1.82) is 0 Å². The molecule has 1 fully saturated rings. The van der Waals surface area contributed by atoms with Crippen molar-refractivity contribution in [3.8, 4) is 0 Å². The molecule has 2 aliphatic rings. The van der Waals surface area contributed by atoms with Crippen molar-refractivity contribution >= 4 is 17.8 Å². The van der Waals surface area contributed by atoms with Gasteiger partial charge in [0, 0.05) is 13.0 Å². The van der Waals surface area contributed by atoms with E-state index in [9.17, 15) is 23.9 Å². The van der Waals surface area contributed by atoms with Gasteiger partial charge in [0.1, 0.15) is 12.4 Å². The van der Waals surface area contributed by atoms with Crippen molar-refractivity contribution in [2.75, 3.05) is 19.8 Å². The molecule has 0 radical (unpaired) electrons. The Morgan fingerprint density at radius 2 is 1.74 bits per heavy atom. The Morgan fingerprint density at radius 1 is 1.03 bits per heavy atom. The smallest absolute Gasteiger partial charge is 0.309 e. The molecule has 208 valence electrons. The fourth-order valence-corrected chi connectivity index (χ4v) is 5.36. The van der Waals surface area contributed by atoms with Crippen LogP contribution in [0.4, 0.5) is 4.39 Å². The maximum atomic E-state index is 13.5. The molecule has 0 spiro atoms. The third-order valence-corrected chi connectivity index (χ3v) is 7.51. The molecule has 2 aromatic rings. The monoisotopic (exact) mass is 536 g/mol. The van der Waals surface area contributed by atoms with E-state index in [1.165, 1.54) is 12.1 Å². The number of cyclic esters (lactones) is 1. The quantitative estimate of drug-likeness (QED) is 0.397. The van der Waals surface area contributed by atoms with Gasteiger partial charge in [0.05, 0.1) is 30.5 Å². The zero-order valence-electron chi connectivity index (χ0n) is 22.1. The van der Waals surface area contributed by atoms with Crippen LogP contribution in [0.1, 0.15) is 43.2 Å². The minimum Gasteiger partial charge on any atom is -0.463 e. The normalized spacial score (nSPS) is 23.6. The number of rotatable bonds is 8. The second-order valence-electron chi connectivity index (χ2n) is 10.5. The van der Waals surface area contributed by atoms with Gasteiger partial charge in [0.15, 0.2) is 0 Å². The van der Waals surface area contributed by atoms with E-state index in [1.54, 1.807) is 17.0 Å². The molecule has 7 nitrogen and oxygen atoms in total. The number of esters is 1. The van der Waals surface area contributed by atoms with E-state index in [-0.39, 0.29) is 49.3 Å². The number of fused-ring (bicyclic) bond motifs is 1. The van der Waals surface area contributed by atoms with Gasteiger partial charge >= 0.3 is 5.97 Å². The van der Waals surface area contributed by atoms with Gasteiger partial charge in [-0.25, -0.2) is 4.39 Å². The van der Waals surface area contributed by atoms with Crippen molar-refractivity contribution in [2.24, 2.45) is 11.8 Å². The van der Waals surface area contributed by atoms with Gasteiger partial charge < -0.3 is 20.1 Å². The van der Waals surface area contributed by atoms with Gasteiger partial charge in [-0.15, -0.1) is 0 Å². The van der Waals surface area contributed by atoms with Crippen molar-refractivity contribution in [2.45, 2.75) is 57.0 Å². The highest BCUT2D eigenvalue weighted by Crippen LogP contribution is 2.25. The summed E-state index contributed by atoms with van der Waals surface area (Å²) >= 11 is 0. The SMILES string of the molecule is O=C(C[C@@H]1C/C=C\C[C@H](Cc2ccc(F)cc2)C(=O)OC[C@H]2CCCN2C1=O)N[C@H](CO)Cc1ccccc1. The van der Waals surface area contributed by atoms with Crippen LogP contribution in [0, 0.1) is 17.7 Å². The summed E-state index contributed by atoms with van der Waals surface area (Å²) < 4.78 is 19.0. The molecule has 4 atom stereocenters. The molecule has 0 saturated carbocycles. The van der Waals surface area contributed by atoms with Crippen LogP contribution in [0.25, 0.3) is 0 Å². The number of benzene rings is 2. The predicted molar refractivity (Wildman–Crippen MR) is 145 cm³/mol. The van der Waals surface area contributed by atoms with Crippen LogP contribution < -0.4 is 5.32 Å². The number of halogens is 1. The zero-order chi connectivity index (χ0) is 27.6. The number of carbonyl (C=O) groups is 3. The molecule has 0 aliphatic carbocycles. The summed E-state index contributed by atoms with van der Waals surface area (Å²) in [5, 5.41) is 12.7. The average Bonchev–Trinajstić information content (AvgIpc) is 3.41. The number of hydrogen-bond donors (Lipinski definition) is 2. The standard InChI is InChI=1S/C31H37FN2O5/c32-26-14-12-23(13-15-26)17-25-10-5-4-9-24(30(37)34-16-6-11-28(34)21-39-31(25)38)19-29(36)33-27(20-35)18-22-7-2-1-3-8-22/h1-5,7-8,12-15,24-25,27-28,35H,6,9-11,16-21H2,(H,33,36)/b5-4-/t24-,25+,27-,28+/m0/s1. The Morgan fingerprint density at radius 3 is 2.46 bits per heavy atom. The van der Waals surface area contributed by atoms with E-state index in [4.69, 9.17) is 4.74 Å². The topological polar surface area (TPSA) is 95.9 Å². The van der Waals surface area contributed by atoms with Crippen molar-refractivity contribution in [3.05, 3.63) is 83.7 Å². The third-order valence-electron chi connectivity index (χ3n) is 7.51. The van der Waals surface area contributed by atoms with Gasteiger partial charge in [-0.05, 0) is 61.8 Å². The number of carbonyl (C=O) groups excluding carboxylic acids is 3. The molecule has 2 heterocycles. The van der Waals surface area contributed by atoms with Gasteiger partial charge in [0.2, 0.25) is 11.8 Å². The molecule has 0 aromatic heterocycles. The highest BCUT2D eigenvalue weighted by molar-refractivity contribution is 5.86. The first-order valence-corrected chi connectivity index (χ1v) is 13.7.